The van der Waals surface area contributed by atoms with E-state index in [9.17, 15) is 18.0 Å². The first-order chi connectivity index (χ1) is 10.3. The van der Waals surface area contributed by atoms with Crippen molar-refractivity contribution in [2.24, 2.45) is 0 Å². The Labute approximate surface area is 128 Å². The lowest BCUT2D eigenvalue weighted by Crippen LogP contribution is -2.43. The standard InChI is InChI=1S/C14H16N2O5S/c1-2-8-15-22(20,21)11-5-3-4-10(9-11)12(17)16-14(6-7-14)13(18)19/h2-5,9,15H,1,6-8H2,(H,16,17)(H,18,19). The quantitative estimate of drug-likeness (QED) is 0.632. The van der Waals surface area contributed by atoms with Crippen molar-refractivity contribution in [2.45, 2.75) is 23.3 Å². The summed E-state index contributed by atoms with van der Waals surface area (Å²) in [6.07, 6.45) is 2.14. The first-order valence-corrected chi connectivity index (χ1v) is 8.06. The van der Waals surface area contributed by atoms with Crippen LogP contribution >= 0.6 is 0 Å². The lowest BCUT2D eigenvalue weighted by atomic mass is 10.2. The largest absolute Gasteiger partial charge is 0.480 e. The van der Waals surface area contributed by atoms with Crippen LogP contribution in [0.5, 0.6) is 0 Å². The molecule has 0 atom stereocenters. The van der Waals surface area contributed by atoms with Crippen LogP contribution in [0, 0.1) is 0 Å². The number of carbonyl (C=O) groups excluding carboxylic acids is 1. The second-order valence-corrected chi connectivity index (χ2v) is 6.78. The van der Waals surface area contributed by atoms with E-state index in [0.29, 0.717) is 12.8 Å². The summed E-state index contributed by atoms with van der Waals surface area (Å²) in [5.74, 6) is -1.70. The molecule has 1 aromatic carbocycles. The Hall–Kier alpha value is -2.19. The number of sulfonamides is 1. The van der Waals surface area contributed by atoms with E-state index in [1.54, 1.807) is 0 Å². The molecule has 0 spiro atoms. The van der Waals surface area contributed by atoms with Crippen LogP contribution in [0.1, 0.15) is 23.2 Å². The summed E-state index contributed by atoms with van der Waals surface area (Å²) in [6, 6.07) is 5.42. The molecule has 0 saturated heterocycles. The summed E-state index contributed by atoms with van der Waals surface area (Å²) in [5.41, 5.74) is -1.12. The Balaban J connectivity index is 2.20. The van der Waals surface area contributed by atoms with Crippen LogP contribution in [-0.4, -0.2) is 37.5 Å². The van der Waals surface area contributed by atoms with Crippen molar-refractivity contribution in [1.29, 1.82) is 0 Å². The van der Waals surface area contributed by atoms with Gasteiger partial charge in [0.2, 0.25) is 10.0 Å². The van der Waals surface area contributed by atoms with Crippen LogP contribution in [0.25, 0.3) is 0 Å². The number of nitrogens with one attached hydrogen (secondary N) is 2. The Bertz CT molecular complexity index is 723. The molecule has 0 unspecified atom stereocenters. The minimum atomic E-state index is -3.74. The number of carboxylic acids is 1. The molecule has 1 aromatic rings. The maximum atomic E-state index is 12.1. The van der Waals surface area contributed by atoms with Crippen LogP contribution in [0.2, 0.25) is 0 Å². The molecule has 2 rings (SSSR count). The molecule has 0 aliphatic heterocycles. The number of aliphatic carboxylic acids is 1. The van der Waals surface area contributed by atoms with E-state index in [-0.39, 0.29) is 17.0 Å². The molecule has 1 saturated carbocycles. The zero-order chi connectivity index (χ0) is 16.4. The van der Waals surface area contributed by atoms with Crippen molar-refractivity contribution in [3.63, 3.8) is 0 Å². The molecule has 7 nitrogen and oxygen atoms in total. The highest BCUT2D eigenvalue weighted by molar-refractivity contribution is 7.89. The minimum Gasteiger partial charge on any atom is -0.480 e. The minimum absolute atomic E-state index is 0.0674. The summed E-state index contributed by atoms with van der Waals surface area (Å²) in [5, 5.41) is 11.5. The van der Waals surface area contributed by atoms with Gasteiger partial charge in [0.05, 0.1) is 4.90 Å². The molecule has 1 amide bonds. The Morgan fingerprint density at radius 3 is 2.59 bits per heavy atom. The lowest BCUT2D eigenvalue weighted by Gasteiger charge is -2.13. The predicted molar refractivity (Wildman–Crippen MR) is 78.9 cm³/mol. The smallest absolute Gasteiger partial charge is 0.329 e. The van der Waals surface area contributed by atoms with Crippen molar-refractivity contribution in [3.8, 4) is 0 Å². The average Bonchev–Trinajstić information content (AvgIpc) is 3.26. The van der Waals surface area contributed by atoms with Crippen LogP contribution in [-0.2, 0) is 14.8 Å². The molecule has 3 N–H and O–H groups in total. The number of carboxylic acid groups (broad SMARTS) is 1. The van der Waals surface area contributed by atoms with Crippen LogP contribution in [0.3, 0.4) is 0 Å². The second kappa shape index (κ2) is 5.90. The molecule has 22 heavy (non-hydrogen) atoms. The van der Waals surface area contributed by atoms with Gasteiger partial charge in [-0.05, 0) is 31.0 Å². The van der Waals surface area contributed by atoms with E-state index >= 15 is 0 Å². The zero-order valence-electron chi connectivity index (χ0n) is 11.7. The summed E-state index contributed by atoms with van der Waals surface area (Å²) >= 11 is 0. The lowest BCUT2D eigenvalue weighted by molar-refractivity contribution is -0.140. The van der Waals surface area contributed by atoms with E-state index < -0.39 is 27.4 Å². The molecule has 118 valence electrons. The fraction of sp³-hybridized carbons (Fsp3) is 0.286. The topological polar surface area (TPSA) is 113 Å². The molecular formula is C14H16N2O5S. The van der Waals surface area contributed by atoms with Crippen molar-refractivity contribution >= 4 is 21.9 Å². The summed E-state index contributed by atoms with van der Waals surface area (Å²) in [6.45, 7) is 3.49. The van der Waals surface area contributed by atoms with Gasteiger partial charge in [0.15, 0.2) is 0 Å². The maximum absolute atomic E-state index is 12.1. The molecular weight excluding hydrogens is 308 g/mol. The van der Waals surface area contributed by atoms with Crippen LogP contribution in [0.15, 0.2) is 41.8 Å². The Morgan fingerprint density at radius 1 is 1.36 bits per heavy atom. The maximum Gasteiger partial charge on any atom is 0.329 e. The second-order valence-electron chi connectivity index (χ2n) is 5.01. The highest BCUT2D eigenvalue weighted by Gasteiger charge is 2.51. The Morgan fingerprint density at radius 2 is 2.05 bits per heavy atom. The number of rotatable bonds is 7. The van der Waals surface area contributed by atoms with Gasteiger partial charge in [0, 0.05) is 12.1 Å². The number of amides is 1. The van der Waals surface area contributed by atoms with Crippen molar-refractivity contribution in [2.75, 3.05) is 6.54 Å². The van der Waals surface area contributed by atoms with Gasteiger partial charge in [-0.25, -0.2) is 17.9 Å². The molecule has 1 aliphatic rings. The fourth-order valence-corrected chi connectivity index (χ4v) is 2.91. The van der Waals surface area contributed by atoms with Crippen LogP contribution in [0.4, 0.5) is 0 Å². The Kier molecular flexibility index (Phi) is 4.34. The third-order valence-electron chi connectivity index (χ3n) is 3.34. The van der Waals surface area contributed by atoms with Gasteiger partial charge in [0.1, 0.15) is 5.54 Å². The third kappa shape index (κ3) is 3.34. The van der Waals surface area contributed by atoms with Crippen molar-refractivity contribution < 1.29 is 23.1 Å². The van der Waals surface area contributed by atoms with Gasteiger partial charge in [-0.15, -0.1) is 6.58 Å². The van der Waals surface area contributed by atoms with Gasteiger partial charge in [-0.1, -0.05) is 12.1 Å². The van der Waals surface area contributed by atoms with Gasteiger partial charge in [0.25, 0.3) is 5.91 Å². The van der Waals surface area contributed by atoms with E-state index in [1.807, 2.05) is 0 Å². The monoisotopic (exact) mass is 324 g/mol. The number of benzene rings is 1. The first kappa shape index (κ1) is 16.2. The van der Waals surface area contributed by atoms with Gasteiger partial charge in [-0.2, -0.15) is 0 Å². The molecule has 0 aromatic heterocycles. The molecule has 1 aliphatic carbocycles. The highest BCUT2D eigenvalue weighted by atomic mass is 32.2. The highest BCUT2D eigenvalue weighted by Crippen LogP contribution is 2.35. The number of hydrogen-bond acceptors (Lipinski definition) is 4. The normalized spacial score (nSPS) is 15.8. The predicted octanol–water partition coefficient (Wildman–Crippen LogP) is 0.498. The number of carbonyl (C=O) groups is 2. The molecule has 0 heterocycles. The van der Waals surface area contributed by atoms with Gasteiger partial charge >= 0.3 is 5.97 Å². The van der Waals surface area contributed by atoms with Crippen molar-refractivity contribution in [3.05, 3.63) is 42.5 Å². The van der Waals surface area contributed by atoms with E-state index in [1.165, 1.54) is 30.3 Å². The van der Waals surface area contributed by atoms with Gasteiger partial charge in [-0.3, -0.25) is 4.79 Å². The summed E-state index contributed by atoms with van der Waals surface area (Å²) < 4.78 is 26.3. The summed E-state index contributed by atoms with van der Waals surface area (Å²) in [4.78, 5) is 23.1. The van der Waals surface area contributed by atoms with E-state index in [4.69, 9.17) is 5.11 Å². The third-order valence-corrected chi connectivity index (χ3v) is 4.76. The first-order valence-electron chi connectivity index (χ1n) is 6.57. The van der Waals surface area contributed by atoms with Crippen LogP contribution < -0.4 is 10.0 Å². The SMILES string of the molecule is C=CCNS(=O)(=O)c1cccc(C(=O)NC2(C(=O)O)CC2)c1. The zero-order valence-corrected chi connectivity index (χ0v) is 12.5. The van der Waals surface area contributed by atoms with Crippen molar-refractivity contribution in [1.82, 2.24) is 10.0 Å². The molecule has 1 fully saturated rings. The number of hydrogen-bond donors (Lipinski definition) is 3. The fourth-order valence-electron chi connectivity index (χ4n) is 1.86. The molecule has 0 radical (unpaired) electrons. The summed E-state index contributed by atoms with van der Waals surface area (Å²) in [7, 11) is -3.74. The van der Waals surface area contributed by atoms with E-state index in [2.05, 4.69) is 16.6 Å². The molecule has 0 bridgehead atoms. The molecule has 8 heteroatoms. The van der Waals surface area contributed by atoms with Gasteiger partial charge < -0.3 is 10.4 Å². The average molecular weight is 324 g/mol. The van der Waals surface area contributed by atoms with E-state index in [0.717, 1.165) is 0 Å².